The van der Waals surface area contributed by atoms with Gasteiger partial charge in [0, 0.05) is 26.0 Å². The third-order valence-electron chi connectivity index (χ3n) is 3.18. The third-order valence-corrected chi connectivity index (χ3v) is 3.18. The van der Waals surface area contributed by atoms with E-state index in [0.29, 0.717) is 19.4 Å². The molecular weight excluding hydrogens is 254 g/mol. The largest absolute Gasteiger partial charge is 0.396 e. The topological polar surface area (TPSA) is 78.0 Å². The molecule has 108 valence electrons. The van der Waals surface area contributed by atoms with Crippen LogP contribution in [-0.4, -0.2) is 34.1 Å². The lowest BCUT2D eigenvalue weighted by molar-refractivity contribution is -0.121. The fourth-order valence-electron chi connectivity index (χ4n) is 2.09. The Morgan fingerprint density at radius 3 is 2.90 bits per heavy atom. The molecule has 5 heteroatoms. The van der Waals surface area contributed by atoms with E-state index in [2.05, 4.69) is 15.3 Å². The van der Waals surface area contributed by atoms with Gasteiger partial charge in [-0.2, -0.15) is 0 Å². The Morgan fingerprint density at radius 2 is 2.10 bits per heavy atom. The standard InChI is InChI=1S/C15H21N3O2/c19-11-5-1-4-10-16-15(20)9-8-14-17-12-6-2-3-7-13(12)18-14/h2-3,6-7,19H,1,4-5,8-11H2,(H,16,20)(H,17,18). The summed E-state index contributed by atoms with van der Waals surface area (Å²) in [6.45, 7) is 0.902. The second-order valence-electron chi connectivity index (χ2n) is 4.83. The maximum absolute atomic E-state index is 11.7. The van der Waals surface area contributed by atoms with Crippen LogP contribution < -0.4 is 5.32 Å². The van der Waals surface area contributed by atoms with Crippen LogP contribution in [0.1, 0.15) is 31.5 Å². The molecule has 0 aliphatic carbocycles. The molecule has 1 aromatic carbocycles. The van der Waals surface area contributed by atoms with Crippen molar-refractivity contribution in [2.24, 2.45) is 0 Å². The molecule has 1 aromatic heterocycles. The number of amides is 1. The van der Waals surface area contributed by atoms with Crippen molar-refractivity contribution < 1.29 is 9.90 Å². The minimum Gasteiger partial charge on any atom is -0.396 e. The number of aromatic nitrogens is 2. The van der Waals surface area contributed by atoms with Crippen LogP contribution in [0.5, 0.6) is 0 Å². The Labute approximate surface area is 118 Å². The van der Waals surface area contributed by atoms with E-state index in [1.54, 1.807) is 0 Å². The quantitative estimate of drug-likeness (QED) is 0.643. The van der Waals surface area contributed by atoms with Crippen molar-refractivity contribution in [3.63, 3.8) is 0 Å². The first-order valence-electron chi connectivity index (χ1n) is 7.11. The highest BCUT2D eigenvalue weighted by Crippen LogP contribution is 2.11. The number of fused-ring (bicyclic) bond motifs is 1. The number of aliphatic hydroxyl groups is 1. The van der Waals surface area contributed by atoms with Crippen molar-refractivity contribution in [3.8, 4) is 0 Å². The third kappa shape index (κ3) is 4.35. The number of H-pyrrole nitrogens is 1. The molecule has 0 saturated carbocycles. The number of nitrogens with one attached hydrogen (secondary N) is 2. The summed E-state index contributed by atoms with van der Waals surface area (Å²) in [6, 6.07) is 7.85. The Kier molecular flexibility index (Phi) is 5.55. The summed E-state index contributed by atoms with van der Waals surface area (Å²) >= 11 is 0. The number of aryl methyl sites for hydroxylation is 1. The molecule has 0 radical (unpaired) electrons. The van der Waals surface area contributed by atoms with Gasteiger partial charge in [0.15, 0.2) is 0 Å². The van der Waals surface area contributed by atoms with Gasteiger partial charge in [0.05, 0.1) is 11.0 Å². The molecule has 2 aromatic rings. The molecule has 0 atom stereocenters. The van der Waals surface area contributed by atoms with E-state index in [0.717, 1.165) is 36.1 Å². The number of carbonyl (C=O) groups is 1. The number of aromatic amines is 1. The van der Waals surface area contributed by atoms with Crippen LogP contribution in [0.25, 0.3) is 11.0 Å². The second-order valence-corrected chi connectivity index (χ2v) is 4.83. The Morgan fingerprint density at radius 1 is 1.25 bits per heavy atom. The van der Waals surface area contributed by atoms with Gasteiger partial charge in [-0.3, -0.25) is 4.79 Å². The van der Waals surface area contributed by atoms with Crippen molar-refractivity contribution in [1.29, 1.82) is 0 Å². The zero-order chi connectivity index (χ0) is 14.2. The van der Waals surface area contributed by atoms with E-state index in [-0.39, 0.29) is 12.5 Å². The molecule has 20 heavy (non-hydrogen) atoms. The number of imidazole rings is 1. The smallest absolute Gasteiger partial charge is 0.220 e. The summed E-state index contributed by atoms with van der Waals surface area (Å²) in [5.41, 5.74) is 1.94. The highest BCUT2D eigenvalue weighted by Gasteiger charge is 2.05. The van der Waals surface area contributed by atoms with Gasteiger partial charge in [-0.1, -0.05) is 12.1 Å². The van der Waals surface area contributed by atoms with E-state index < -0.39 is 0 Å². The van der Waals surface area contributed by atoms with Crippen molar-refractivity contribution in [1.82, 2.24) is 15.3 Å². The van der Waals surface area contributed by atoms with E-state index in [1.807, 2.05) is 24.3 Å². The summed E-state index contributed by atoms with van der Waals surface area (Å²) in [5.74, 6) is 0.899. The monoisotopic (exact) mass is 275 g/mol. The number of benzene rings is 1. The predicted octanol–water partition coefficient (Wildman–Crippen LogP) is 1.77. The van der Waals surface area contributed by atoms with Crippen LogP contribution in [0.2, 0.25) is 0 Å². The van der Waals surface area contributed by atoms with Gasteiger partial charge in [-0.25, -0.2) is 4.98 Å². The van der Waals surface area contributed by atoms with Gasteiger partial charge < -0.3 is 15.4 Å². The molecule has 1 heterocycles. The van der Waals surface area contributed by atoms with Gasteiger partial charge >= 0.3 is 0 Å². The van der Waals surface area contributed by atoms with Gasteiger partial charge in [0.25, 0.3) is 0 Å². The molecule has 1 amide bonds. The molecule has 0 aliphatic heterocycles. The van der Waals surface area contributed by atoms with E-state index in [1.165, 1.54) is 0 Å². The van der Waals surface area contributed by atoms with E-state index in [4.69, 9.17) is 5.11 Å². The normalized spacial score (nSPS) is 10.8. The lowest BCUT2D eigenvalue weighted by Gasteiger charge is -2.03. The predicted molar refractivity (Wildman–Crippen MR) is 78.4 cm³/mol. The fourth-order valence-corrected chi connectivity index (χ4v) is 2.09. The first kappa shape index (κ1) is 14.5. The van der Waals surface area contributed by atoms with E-state index >= 15 is 0 Å². The average Bonchev–Trinajstić information content (AvgIpc) is 2.88. The first-order valence-corrected chi connectivity index (χ1v) is 7.11. The number of rotatable bonds is 8. The van der Waals surface area contributed by atoms with Crippen molar-refractivity contribution in [3.05, 3.63) is 30.1 Å². The number of aliphatic hydroxyl groups excluding tert-OH is 1. The lowest BCUT2D eigenvalue weighted by atomic mass is 10.2. The van der Waals surface area contributed by atoms with Crippen LogP contribution in [0.4, 0.5) is 0 Å². The SMILES string of the molecule is O=C(CCc1nc2ccccc2[nH]1)NCCCCCO. The Balaban J connectivity index is 1.70. The molecule has 3 N–H and O–H groups in total. The lowest BCUT2D eigenvalue weighted by Crippen LogP contribution is -2.24. The van der Waals surface area contributed by atoms with Crippen LogP contribution >= 0.6 is 0 Å². The van der Waals surface area contributed by atoms with Crippen molar-refractivity contribution in [2.75, 3.05) is 13.2 Å². The molecule has 0 bridgehead atoms. The highest BCUT2D eigenvalue weighted by atomic mass is 16.2. The van der Waals surface area contributed by atoms with Crippen LogP contribution in [0, 0.1) is 0 Å². The molecule has 0 saturated heterocycles. The molecule has 5 nitrogen and oxygen atoms in total. The fraction of sp³-hybridized carbons (Fsp3) is 0.467. The van der Waals surface area contributed by atoms with Gasteiger partial charge in [0.2, 0.25) is 5.91 Å². The number of para-hydroxylation sites is 2. The van der Waals surface area contributed by atoms with Crippen LogP contribution in [-0.2, 0) is 11.2 Å². The number of unbranched alkanes of at least 4 members (excludes halogenated alkanes) is 2. The summed E-state index contributed by atoms with van der Waals surface area (Å²) in [5, 5.41) is 11.5. The Hall–Kier alpha value is -1.88. The molecule has 0 spiro atoms. The number of nitrogens with zero attached hydrogens (tertiary/aromatic N) is 1. The molecule has 0 fully saturated rings. The molecular formula is C15H21N3O2. The molecule has 0 aliphatic rings. The zero-order valence-corrected chi connectivity index (χ0v) is 11.6. The maximum Gasteiger partial charge on any atom is 0.220 e. The first-order chi connectivity index (χ1) is 9.79. The minimum absolute atomic E-state index is 0.0504. The van der Waals surface area contributed by atoms with Crippen LogP contribution in [0.15, 0.2) is 24.3 Å². The Bertz CT molecular complexity index is 518. The molecule has 0 unspecified atom stereocenters. The van der Waals surface area contributed by atoms with E-state index in [9.17, 15) is 4.79 Å². The zero-order valence-electron chi connectivity index (χ0n) is 11.6. The van der Waals surface area contributed by atoms with Gasteiger partial charge in [-0.05, 0) is 31.4 Å². The number of hydrogen-bond acceptors (Lipinski definition) is 3. The average molecular weight is 275 g/mol. The minimum atomic E-state index is 0.0504. The maximum atomic E-state index is 11.7. The summed E-state index contributed by atoms with van der Waals surface area (Å²) < 4.78 is 0. The summed E-state index contributed by atoms with van der Waals surface area (Å²) in [6.07, 6.45) is 3.73. The number of hydrogen-bond donors (Lipinski definition) is 3. The van der Waals surface area contributed by atoms with Crippen molar-refractivity contribution >= 4 is 16.9 Å². The second kappa shape index (κ2) is 7.65. The summed E-state index contributed by atoms with van der Waals surface area (Å²) in [7, 11) is 0. The van der Waals surface area contributed by atoms with Crippen molar-refractivity contribution in [2.45, 2.75) is 32.1 Å². The van der Waals surface area contributed by atoms with Gasteiger partial charge in [-0.15, -0.1) is 0 Å². The van der Waals surface area contributed by atoms with Gasteiger partial charge in [0.1, 0.15) is 5.82 Å². The highest BCUT2D eigenvalue weighted by molar-refractivity contribution is 5.77. The summed E-state index contributed by atoms with van der Waals surface area (Å²) in [4.78, 5) is 19.3. The molecule has 2 rings (SSSR count). The number of carbonyl (C=O) groups excluding carboxylic acids is 1. The van der Waals surface area contributed by atoms with Crippen LogP contribution in [0.3, 0.4) is 0 Å².